The van der Waals surface area contributed by atoms with Gasteiger partial charge in [-0.15, -0.1) is 0 Å². The maximum atomic E-state index is 13.1. The number of carbonyl (C=O) groups excluding carboxylic acids is 1. The Morgan fingerprint density at radius 2 is 1.90 bits per heavy atom. The molecule has 2 aromatic rings. The lowest BCUT2D eigenvalue weighted by Crippen LogP contribution is -2.47. The highest BCUT2D eigenvalue weighted by atomic mass is 19.1. The van der Waals surface area contributed by atoms with E-state index in [4.69, 9.17) is 4.74 Å². The third-order valence-electron chi connectivity index (χ3n) is 5.37. The van der Waals surface area contributed by atoms with Gasteiger partial charge in [-0.3, -0.25) is 4.79 Å². The Hall–Kier alpha value is -2.74. The number of halogens is 1. The van der Waals surface area contributed by atoms with E-state index < -0.39 is 0 Å². The first kappa shape index (κ1) is 19.6. The van der Waals surface area contributed by atoms with Crippen molar-refractivity contribution in [3.63, 3.8) is 0 Å². The van der Waals surface area contributed by atoms with Crippen LogP contribution in [0.2, 0.25) is 0 Å². The molecular weight excluding hydrogens is 373 g/mol. The van der Waals surface area contributed by atoms with E-state index in [1.165, 1.54) is 12.1 Å². The fourth-order valence-corrected chi connectivity index (χ4v) is 3.78. The second-order valence-electron chi connectivity index (χ2n) is 7.45. The minimum absolute atomic E-state index is 0.0980. The Labute approximate surface area is 169 Å². The molecule has 1 unspecified atom stereocenters. The number of aromatic nitrogens is 2. The molecule has 1 N–H and O–H groups in total. The Morgan fingerprint density at radius 1 is 1.17 bits per heavy atom. The standard InChI is InChI=1S/C21H26FN5O2/c1-15-24-19(21(28)23-14-18-3-2-12-29-18)13-20(25-15)27-10-8-26(9-11-27)17-6-4-16(22)5-7-17/h4-7,13,18H,2-3,8-12,14H2,1H3,(H,23,28). The third kappa shape index (κ3) is 4.82. The molecule has 8 heteroatoms. The van der Waals surface area contributed by atoms with E-state index >= 15 is 0 Å². The van der Waals surface area contributed by atoms with Crippen LogP contribution in [0.4, 0.5) is 15.9 Å². The van der Waals surface area contributed by atoms with Gasteiger partial charge in [0.2, 0.25) is 0 Å². The lowest BCUT2D eigenvalue weighted by Gasteiger charge is -2.36. The second kappa shape index (κ2) is 8.73. The van der Waals surface area contributed by atoms with Gasteiger partial charge in [0.1, 0.15) is 23.2 Å². The predicted molar refractivity (Wildman–Crippen MR) is 109 cm³/mol. The smallest absolute Gasteiger partial charge is 0.270 e. The normalized spacial score (nSPS) is 19.4. The number of amides is 1. The summed E-state index contributed by atoms with van der Waals surface area (Å²) in [5.41, 5.74) is 1.39. The molecule has 0 aliphatic carbocycles. The van der Waals surface area contributed by atoms with Crippen molar-refractivity contribution in [3.8, 4) is 0 Å². The van der Waals surface area contributed by atoms with Crippen LogP contribution in [0.1, 0.15) is 29.2 Å². The Kier molecular flexibility index (Phi) is 5.89. The van der Waals surface area contributed by atoms with Gasteiger partial charge in [0.25, 0.3) is 5.91 Å². The summed E-state index contributed by atoms with van der Waals surface area (Å²) in [5.74, 6) is 0.913. The monoisotopic (exact) mass is 399 g/mol. The van der Waals surface area contributed by atoms with E-state index in [9.17, 15) is 9.18 Å². The quantitative estimate of drug-likeness (QED) is 0.831. The number of anilines is 2. The summed E-state index contributed by atoms with van der Waals surface area (Å²) in [7, 11) is 0. The predicted octanol–water partition coefficient (Wildman–Crippen LogP) is 2.16. The zero-order chi connectivity index (χ0) is 20.2. The molecule has 1 aromatic heterocycles. The first-order valence-electron chi connectivity index (χ1n) is 10.1. The number of rotatable bonds is 5. The van der Waals surface area contributed by atoms with E-state index in [-0.39, 0.29) is 17.8 Å². The number of piperazine rings is 1. The molecule has 0 spiro atoms. The van der Waals surface area contributed by atoms with Crippen LogP contribution in [0.15, 0.2) is 30.3 Å². The van der Waals surface area contributed by atoms with Crippen molar-refractivity contribution in [2.75, 3.05) is 49.1 Å². The zero-order valence-electron chi connectivity index (χ0n) is 16.6. The van der Waals surface area contributed by atoms with Gasteiger partial charge in [0.15, 0.2) is 0 Å². The molecule has 7 nitrogen and oxygen atoms in total. The number of ether oxygens (including phenoxy) is 1. The van der Waals surface area contributed by atoms with E-state index in [0.29, 0.717) is 18.1 Å². The van der Waals surface area contributed by atoms with Crippen molar-refractivity contribution in [3.05, 3.63) is 47.7 Å². The van der Waals surface area contributed by atoms with Crippen LogP contribution in [0.5, 0.6) is 0 Å². The summed E-state index contributed by atoms with van der Waals surface area (Å²) in [6, 6.07) is 8.33. The van der Waals surface area contributed by atoms with Crippen LogP contribution in [0.25, 0.3) is 0 Å². The number of aryl methyl sites for hydroxylation is 1. The maximum Gasteiger partial charge on any atom is 0.270 e. The summed E-state index contributed by atoms with van der Waals surface area (Å²) in [5, 5.41) is 2.92. The number of nitrogens with zero attached hydrogens (tertiary/aromatic N) is 4. The average Bonchev–Trinajstić information content (AvgIpc) is 3.26. The summed E-state index contributed by atoms with van der Waals surface area (Å²) in [4.78, 5) is 25.8. The highest BCUT2D eigenvalue weighted by molar-refractivity contribution is 5.93. The van der Waals surface area contributed by atoms with Gasteiger partial charge in [-0.05, 0) is 44.0 Å². The first-order chi connectivity index (χ1) is 14.1. The van der Waals surface area contributed by atoms with Crippen LogP contribution in [-0.2, 0) is 4.74 Å². The second-order valence-corrected chi connectivity index (χ2v) is 7.45. The third-order valence-corrected chi connectivity index (χ3v) is 5.37. The number of nitrogens with one attached hydrogen (secondary N) is 1. The van der Waals surface area contributed by atoms with Crippen LogP contribution >= 0.6 is 0 Å². The van der Waals surface area contributed by atoms with Crippen LogP contribution < -0.4 is 15.1 Å². The van der Waals surface area contributed by atoms with Gasteiger partial charge in [0.05, 0.1) is 6.10 Å². The molecular formula is C21H26FN5O2. The summed E-state index contributed by atoms with van der Waals surface area (Å²) in [6.45, 7) is 6.21. The maximum absolute atomic E-state index is 13.1. The Morgan fingerprint density at radius 3 is 2.59 bits per heavy atom. The molecule has 0 radical (unpaired) electrons. The molecule has 1 aromatic carbocycles. The molecule has 0 bridgehead atoms. The van der Waals surface area contributed by atoms with Crippen molar-refractivity contribution in [1.82, 2.24) is 15.3 Å². The van der Waals surface area contributed by atoms with Crippen LogP contribution in [0.3, 0.4) is 0 Å². The van der Waals surface area contributed by atoms with Gasteiger partial charge >= 0.3 is 0 Å². The zero-order valence-corrected chi connectivity index (χ0v) is 16.6. The van der Waals surface area contributed by atoms with Crippen molar-refractivity contribution in [2.45, 2.75) is 25.9 Å². The Balaban J connectivity index is 1.38. The fourth-order valence-electron chi connectivity index (χ4n) is 3.78. The van der Waals surface area contributed by atoms with Gasteiger partial charge in [0, 0.05) is 51.1 Å². The fraction of sp³-hybridized carbons (Fsp3) is 0.476. The first-order valence-corrected chi connectivity index (χ1v) is 10.1. The van der Waals surface area contributed by atoms with Crippen LogP contribution in [-0.4, -0.2) is 61.3 Å². The van der Waals surface area contributed by atoms with Gasteiger partial charge in [-0.1, -0.05) is 0 Å². The van der Waals surface area contributed by atoms with Gasteiger partial charge < -0.3 is 19.9 Å². The minimum atomic E-state index is -0.228. The SMILES string of the molecule is Cc1nc(C(=O)NCC2CCCO2)cc(N2CCN(c3ccc(F)cc3)CC2)n1. The molecule has 4 rings (SSSR count). The topological polar surface area (TPSA) is 70.6 Å². The van der Waals surface area contributed by atoms with Crippen LogP contribution in [0, 0.1) is 12.7 Å². The molecule has 2 fully saturated rings. The van der Waals surface area contributed by atoms with E-state index in [1.54, 1.807) is 25.1 Å². The van der Waals surface area contributed by atoms with Crippen molar-refractivity contribution in [1.29, 1.82) is 0 Å². The van der Waals surface area contributed by atoms with Crippen molar-refractivity contribution >= 4 is 17.4 Å². The number of benzene rings is 1. The molecule has 3 heterocycles. The minimum Gasteiger partial charge on any atom is -0.376 e. The number of hydrogen-bond donors (Lipinski definition) is 1. The molecule has 29 heavy (non-hydrogen) atoms. The van der Waals surface area contributed by atoms with Gasteiger partial charge in [-0.25, -0.2) is 14.4 Å². The Bertz CT molecular complexity index is 847. The van der Waals surface area contributed by atoms with Crippen molar-refractivity contribution in [2.24, 2.45) is 0 Å². The summed E-state index contributed by atoms with van der Waals surface area (Å²) >= 11 is 0. The molecule has 1 atom stereocenters. The molecule has 1 amide bonds. The van der Waals surface area contributed by atoms with E-state index in [2.05, 4.69) is 25.1 Å². The summed E-state index contributed by atoms with van der Waals surface area (Å²) in [6.07, 6.45) is 2.12. The van der Waals surface area contributed by atoms with Crippen molar-refractivity contribution < 1.29 is 13.9 Å². The largest absolute Gasteiger partial charge is 0.376 e. The highest BCUT2D eigenvalue weighted by Crippen LogP contribution is 2.20. The number of hydrogen-bond acceptors (Lipinski definition) is 6. The summed E-state index contributed by atoms with van der Waals surface area (Å²) < 4.78 is 18.7. The van der Waals surface area contributed by atoms with Gasteiger partial charge in [-0.2, -0.15) is 0 Å². The molecule has 2 aliphatic heterocycles. The highest BCUT2D eigenvalue weighted by Gasteiger charge is 2.21. The lowest BCUT2D eigenvalue weighted by atomic mass is 10.2. The molecule has 2 aliphatic rings. The lowest BCUT2D eigenvalue weighted by molar-refractivity contribution is 0.0853. The number of carbonyl (C=O) groups is 1. The molecule has 154 valence electrons. The molecule has 0 saturated carbocycles. The van der Waals surface area contributed by atoms with E-state index in [1.807, 2.05) is 0 Å². The van der Waals surface area contributed by atoms with E-state index in [0.717, 1.165) is 57.1 Å². The average molecular weight is 399 g/mol. The molecule has 2 saturated heterocycles.